The fourth-order valence-corrected chi connectivity index (χ4v) is 9.47. The highest BCUT2D eigenvalue weighted by atomic mass is 31.2. The summed E-state index contributed by atoms with van der Waals surface area (Å²) >= 11 is 0. The molecule has 0 bridgehead atoms. The number of esters is 3. The number of carbonyl (C=O) groups is 3. The summed E-state index contributed by atoms with van der Waals surface area (Å²) in [6.07, 6.45) is 77.6. The Labute approximate surface area is 501 Å². The molecule has 0 spiro atoms. The summed E-state index contributed by atoms with van der Waals surface area (Å²) in [4.78, 5) is 48.8. The molecule has 0 aliphatic carbocycles. The molecule has 2 N–H and O–H groups in total. The molecule has 82 heavy (non-hydrogen) atoms. The fourth-order valence-electron chi connectivity index (χ4n) is 8.69. The third kappa shape index (κ3) is 60.7. The van der Waals surface area contributed by atoms with Gasteiger partial charge in [-0.3, -0.25) is 23.4 Å². The van der Waals surface area contributed by atoms with Crippen LogP contribution in [0.1, 0.15) is 278 Å². The minimum Gasteiger partial charge on any atom is -0.462 e. The van der Waals surface area contributed by atoms with Crippen LogP contribution >= 0.6 is 7.82 Å². The summed E-state index contributed by atoms with van der Waals surface area (Å²) in [5.41, 5.74) is 0. The summed E-state index contributed by atoms with van der Waals surface area (Å²) in [6, 6.07) is 0. The van der Waals surface area contributed by atoms with Gasteiger partial charge in [-0.1, -0.05) is 246 Å². The molecule has 0 aliphatic rings. The number of unbranched alkanes of at least 4 members (excludes halogenated alkanes) is 25. The van der Waals surface area contributed by atoms with Crippen LogP contribution in [-0.4, -0.2) is 66.5 Å². The summed E-state index contributed by atoms with van der Waals surface area (Å²) in [5, 5.41) is 9.85. The van der Waals surface area contributed by atoms with E-state index < -0.39 is 57.8 Å². The van der Waals surface area contributed by atoms with Crippen LogP contribution in [0.5, 0.6) is 0 Å². The van der Waals surface area contributed by atoms with Crippen molar-refractivity contribution in [3.63, 3.8) is 0 Å². The van der Waals surface area contributed by atoms with Gasteiger partial charge in [0.25, 0.3) is 0 Å². The standard InChI is InChI=1S/C70H119O11P/c1-4-7-10-13-16-19-22-25-28-31-33-36-38-41-44-47-50-53-56-59-68(72)77-63-67(81-70(74)61-58-55-52-49-46-43-40-37-34-32-29-26-23-20-17-14-11-8-5-2)65-79-82(75,76)78-64-66(62-71)80-69(73)60-57-54-51-48-45-42-39-35-30-27-24-21-18-15-12-9-6-3/h9,12,17-18,20-21,25-30,34,37,39,42,48,51,66-67,71H,4-8,10-11,13-16,19,22-24,31-33,35-36,38,40-41,43-47,49-50,52-65H2,1-3H3,(H,75,76)/b12-9-,20-17-,21-18-,28-25-,29-26-,30-27-,37-34-,42-39-,51-48-. The molecular weight excluding hydrogens is 1050 g/mol. The number of hydrogen-bond acceptors (Lipinski definition) is 10. The van der Waals surface area contributed by atoms with Crippen LogP contribution in [0.25, 0.3) is 0 Å². The van der Waals surface area contributed by atoms with E-state index in [1.807, 2.05) is 12.2 Å². The molecule has 0 aromatic heterocycles. The highest BCUT2D eigenvalue weighted by Gasteiger charge is 2.28. The molecule has 0 rings (SSSR count). The number of carbonyl (C=O) groups excluding carboxylic acids is 3. The lowest BCUT2D eigenvalue weighted by molar-refractivity contribution is -0.161. The fraction of sp³-hybridized carbons (Fsp3) is 0.700. The van der Waals surface area contributed by atoms with Crippen molar-refractivity contribution in [1.82, 2.24) is 0 Å². The van der Waals surface area contributed by atoms with E-state index in [2.05, 4.69) is 118 Å². The van der Waals surface area contributed by atoms with E-state index in [-0.39, 0.29) is 25.9 Å². The molecule has 11 nitrogen and oxygen atoms in total. The van der Waals surface area contributed by atoms with Crippen molar-refractivity contribution in [2.45, 2.75) is 290 Å². The molecule has 0 aromatic carbocycles. The molecule has 0 heterocycles. The number of aliphatic hydroxyl groups excluding tert-OH is 1. The number of phosphoric ester groups is 1. The lowest BCUT2D eigenvalue weighted by Crippen LogP contribution is -2.30. The van der Waals surface area contributed by atoms with Crippen LogP contribution in [0.4, 0.5) is 0 Å². The monoisotopic (exact) mass is 1170 g/mol. The van der Waals surface area contributed by atoms with Gasteiger partial charge in [0.1, 0.15) is 12.7 Å². The number of rotatable bonds is 60. The highest BCUT2D eigenvalue weighted by molar-refractivity contribution is 7.47. The maximum absolute atomic E-state index is 13.0. The van der Waals surface area contributed by atoms with Crippen LogP contribution in [0, 0.1) is 0 Å². The zero-order chi connectivity index (χ0) is 59.8. The molecule has 0 saturated carbocycles. The smallest absolute Gasteiger partial charge is 0.462 e. The van der Waals surface area contributed by atoms with Gasteiger partial charge < -0.3 is 24.2 Å². The number of allylic oxidation sites excluding steroid dienone is 18. The van der Waals surface area contributed by atoms with E-state index in [9.17, 15) is 28.9 Å². The molecule has 12 heteroatoms. The first kappa shape index (κ1) is 78.1. The van der Waals surface area contributed by atoms with Gasteiger partial charge >= 0.3 is 25.7 Å². The molecule has 3 atom stereocenters. The van der Waals surface area contributed by atoms with E-state index in [1.54, 1.807) is 0 Å². The van der Waals surface area contributed by atoms with Crippen LogP contribution < -0.4 is 0 Å². The van der Waals surface area contributed by atoms with Gasteiger partial charge in [0.2, 0.25) is 0 Å². The Hall–Kier alpha value is -3.86. The number of ether oxygens (including phenoxy) is 3. The zero-order valence-corrected chi connectivity index (χ0v) is 53.1. The van der Waals surface area contributed by atoms with Crippen LogP contribution in [-0.2, 0) is 42.2 Å². The second-order valence-electron chi connectivity index (χ2n) is 21.5. The van der Waals surface area contributed by atoms with Crippen molar-refractivity contribution in [3.05, 3.63) is 109 Å². The summed E-state index contributed by atoms with van der Waals surface area (Å²) < 4.78 is 39.7. The van der Waals surface area contributed by atoms with Crippen molar-refractivity contribution in [2.24, 2.45) is 0 Å². The van der Waals surface area contributed by atoms with Gasteiger partial charge in [-0.15, -0.1) is 0 Å². The molecule has 0 amide bonds. The maximum Gasteiger partial charge on any atom is 0.472 e. The number of hydrogen-bond donors (Lipinski definition) is 2. The minimum absolute atomic E-state index is 0.0935. The molecule has 0 fully saturated rings. The normalized spacial score (nSPS) is 14.0. The van der Waals surface area contributed by atoms with Gasteiger partial charge in [0, 0.05) is 19.3 Å². The largest absolute Gasteiger partial charge is 0.472 e. The third-order valence-corrected chi connectivity index (χ3v) is 14.6. The zero-order valence-electron chi connectivity index (χ0n) is 52.2. The highest BCUT2D eigenvalue weighted by Crippen LogP contribution is 2.43. The predicted octanol–water partition coefficient (Wildman–Crippen LogP) is 20.1. The van der Waals surface area contributed by atoms with E-state index in [0.717, 1.165) is 103 Å². The lowest BCUT2D eigenvalue weighted by Gasteiger charge is -2.21. The Bertz CT molecular complexity index is 1790. The van der Waals surface area contributed by atoms with Crippen molar-refractivity contribution in [1.29, 1.82) is 0 Å². The number of aliphatic hydroxyl groups is 1. The molecule has 0 aromatic rings. The molecule has 0 saturated heterocycles. The first-order valence-corrected chi connectivity index (χ1v) is 34.3. The third-order valence-electron chi connectivity index (χ3n) is 13.6. The lowest BCUT2D eigenvalue weighted by atomic mass is 10.1. The average molecular weight is 1170 g/mol. The summed E-state index contributed by atoms with van der Waals surface area (Å²) in [6.45, 7) is 4.45. The van der Waals surface area contributed by atoms with E-state index in [0.29, 0.717) is 25.7 Å². The number of phosphoric acid groups is 1. The minimum atomic E-state index is -4.78. The van der Waals surface area contributed by atoms with Crippen molar-refractivity contribution >= 4 is 25.7 Å². The molecular formula is C70H119O11P. The van der Waals surface area contributed by atoms with Crippen LogP contribution in [0.2, 0.25) is 0 Å². The van der Waals surface area contributed by atoms with E-state index >= 15 is 0 Å². The van der Waals surface area contributed by atoms with Gasteiger partial charge in [0.15, 0.2) is 6.10 Å². The Morgan fingerprint density at radius 1 is 0.354 bits per heavy atom. The Morgan fingerprint density at radius 3 is 1.06 bits per heavy atom. The first-order valence-electron chi connectivity index (χ1n) is 32.8. The first-order chi connectivity index (χ1) is 40.2. The Balaban J connectivity index is 4.79. The van der Waals surface area contributed by atoms with Gasteiger partial charge in [-0.2, -0.15) is 0 Å². The topological polar surface area (TPSA) is 155 Å². The quantitative estimate of drug-likeness (QED) is 0.0197. The van der Waals surface area contributed by atoms with Crippen molar-refractivity contribution < 1.29 is 52.2 Å². The predicted molar refractivity (Wildman–Crippen MR) is 343 cm³/mol. The SMILES string of the molecule is CC/C=C\C/C=C\C/C=C\C/C=C\C/C=C\CCCC(=O)OC(CO)COP(=O)(O)OCC(COC(=O)CCCCCCCCCCC/C=C\CCCCCCCC)OC(=O)CCCCCCCC/C=C\C/C=C\C/C=C\CCCCC. The van der Waals surface area contributed by atoms with Crippen LogP contribution in [0.3, 0.4) is 0 Å². The Kier molecular flexibility index (Phi) is 60.2. The van der Waals surface area contributed by atoms with E-state index in [4.69, 9.17) is 23.3 Å². The average Bonchev–Trinajstić information content (AvgIpc) is 3.49. The summed E-state index contributed by atoms with van der Waals surface area (Å²) in [7, 11) is -4.78. The second kappa shape index (κ2) is 63.2. The van der Waals surface area contributed by atoms with Gasteiger partial charge in [-0.05, 0) is 122 Å². The van der Waals surface area contributed by atoms with Crippen molar-refractivity contribution in [2.75, 3.05) is 26.4 Å². The van der Waals surface area contributed by atoms with Gasteiger partial charge in [0.05, 0.1) is 19.8 Å². The van der Waals surface area contributed by atoms with Crippen LogP contribution in [0.15, 0.2) is 109 Å². The van der Waals surface area contributed by atoms with E-state index in [1.165, 1.54) is 109 Å². The second-order valence-corrected chi connectivity index (χ2v) is 23.0. The van der Waals surface area contributed by atoms with Gasteiger partial charge in [-0.25, -0.2) is 4.57 Å². The maximum atomic E-state index is 13.0. The molecule has 0 radical (unpaired) electrons. The summed E-state index contributed by atoms with van der Waals surface area (Å²) in [5.74, 6) is -1.54. The molecule has 470 valence electrons. The van der Waals surface area contributed by atoms with Crippen molar-refractivity contribution in [3.8, 4) is 0 Å². The molecule has 0 aliphatic heterocycles. The Morgan fingerprint density at radius 2 is 0.646 bits per heavy atom. The molecule has 3 unspecified atom stereocenters.